The molecule has 0 aliphatic carbocycles. The van der Waals surface area contributed by atoms with Crippen molar-refractivity contribution in [3.05, 3.63) is 99.0 Å². The molecule has 1 atom stereocenters. The van der Waals surface area contributed by atoms with Gasteiger partial charge in [-0.05, 0) is 53.1 Å². The summed E-state index contributed by atoms with van der Waals surface area (Å²) in [7, 11) is -3.08. The first-order valence-electron chi connectivity index (χ1n) is 12.2. The molecule has 0 bridgehead atoms. The summed E-state index contributed by atoms with van der Waals surface area (Å²) in [5, 5.41) is 22.7. The zero-order chi connectivity index (χ0) is 28.2. The van der Waals surface area contributed by atoms with Crippen molar-refractivity contribution in [3.63, 3.8) is 0 Å². The smallest absolute Gasteiger partial charge is 0.395 e. The molecular formula is C27H27Cl2F3N4O2S. The van der Waals surface area contributed by atoms with Crippen LogP contribution >= 0.6 is 23.2 Å². The highest BCUT2D eigenvalue weighted by Crippen LogP contribution is 2.35. The van der Waals surface area contributed by atoms with Crippen LogP contribution in [0.1, 0.15) is 28.2 Å². The number of rotatable bonds is 8. The Morgan fingerprint density at radius 3 is 1.92 bits per heavy atom. The Kier molecular flexibility index (Phi) is 9.56. The molecule has 1 fully saturated rings. The van der Waals surface area contributed by atoms with Gasteiger partial charge in [-0.15, -0.1) is 0 Å². The van der Waals surface area contributed by atoms with Crippen LogP contribution in [0.15, 0.2) is 66.7 Å². The molecule has 0 amide bonds. The van der Waals surface area contributed by atoms with Gasteiger partial charge in [0, 0.05) is 59.9 Å². The van der Waals surface area contributed by atoms with E-state index in [1.165, 1.54) is 0 Å². The van der Waals surface area contributed by atoms with Crippen molar-refractivity contribution in [2.45, 2.75) is 11.4 Å². The molecule has 3 aromatic rings. The third-order valence-corrected chi connectivity index (χ3v) is 8.19. The zero-order valence-electron chi connectivity index (χ0n) is 20.7. The molecule has 0 aromatic heterocycles. The molecule has 12 heteroatoms. The summed E-state index contributed by atoms with van der Waals surface area (Å²) in [5.41, 5.74) is -0.837. The van der Waals surface area contributed by atoms with Crippen molar-refractivity contribution in [2.75, 3.05) is 44.6 Å². The normalized spacial score (nSPS) is 15.4. The van der Waals surface area contributed by atoms with Gasteiger partial charge in [0.2, 0.25) is 11.0 Å². The number of aliphatic hydroxyl groups is 1. The van der Waals surface area contributed by atoms with Gasteiger partial charge in [0.15, 0.2) is 0 Å². The van der Waals surface area contributed by atoms with E-state index in [1.807, 2.05) is 66.7 Å². The van der Waals surface area contributed by atoms with Gasteiger partial charge in [-0.1, -0.05) is 53.5 Å². The largest absolute Gasteiger partial charge is 0.485 e. The molecule has 1 aliphatic rings. The number of nitrogens with one attached hydrogen (secondary N) is 2. The fraction of sp³-hybridized carbons (Fsp3) is 0.296. The first kappa shape index (κ1) is 29.4. The van der Waals surface area contributed by atoms with Crippen LogP contribution in [-0.4, -0.2) is 69.2 Å². The molecule has 1 saturated heterocycles. The van der Waals surface area contributed by atoms with E-state index < -0.39 is 16.5 Å². The van der Waals surface area contributed by atoms with E-state index in [0.717, 1.165) is 21.0 Å². The highest BCUT2D eigenvalue weighted by molar-refractivity contribution is 7.83. The number of benzene rings is 3. The number of alkyl halides is 3. The molecule has 1 heterocycles. The van der Waals surface area contributed by atoms with Gasteiger partial charge in [0.25, 0.3) is 0 Å². The number of aliphatic hydroxyl groups excluding tert-OH is 1. The first-order chi connectivity index (χ1) is 18.6. The molecule has 0 saturated carbocycles. The molecule has 39 heavy (non-hydrogen) atoms. The van der Waals surface area contributed by atoms with Gasteiger partial charge < -0.3 is 15.3 Å². The van der Waals surface area contributed by atoms with E-state index in [-0.39, 0.29) is 51.1 Å². The minimum Gasteiger partial charge on any atom is -0.395 e. The van der Waals surface area contributed by atoms with Crippen molar-refractivity contribution in [1.29, 1.82) is 5.41 Å². The van der Waals surface area contributed by atoms with Crippen molar-refractivity contribution in [1.82, 2.24) is 9.21 Å². The average Bonchev–Trinajstić information content (AvgIpc) is 2.93. The standard InChI is InChI=1S/C27H27Cl2F3N4O2S/c28-21-6-1-18(2-7-21)25(19-3-8-22(29)9-4-19)20-5-10-24(34-11-16-37)23(17-20)26(33)35-12-14-36(15-13-35)39(38)27(30,31)32/h1-10,17,25,33-34,37H,11-16H2. The summed E-state index contributed by atoms with van der Waals surface area (Å²) in [6.07, 6.45) is 0. The number of nitrogens with zero attached hydrogens (tertiary/aromatic N) is 2. The molecule has 0 radical (unpaired) electrons. The number of hydrogen-bond donors (Lipinski definition) is 3. The Labute approximate surface area is 237 Å². The van der Waals surface area contributed by atoms with Gasteiger partial charge in [0.1, 0.15) is 5.84 Å². The predicted molar refractivity (Wildman–Crippen MR) is 150 cm³/mol. The summed E-state index contributed by atoms with van der Waals surface area (Å²) < 4.78 is 51.4. The summed E-state index contributed by atoms with van der Waals surface area (Å²) in [6.45, 7) is 0.187. The Balaban J connectivity index is 1.69. The topological polar surface area (TPSA) is 79.7 Å². The SMILES string of the molecule is N=C(c1cc(C(c2ccc(Cl)cc2)c2ccc(Cl)cc2)ccc1NCCO)N1CCN(S(=O)C(F)(F)F)CC1. The van der Waals surface area contributed by atoms with Crippen LogP contribution in [0.4, 0.5) is 18.9 Å². The van der Waals surface area contributed by atoms with E-state index >= 15 is 0 Å². The van der Waals surface area contributed by atoms with Crippen LogP contribution in [0.5, 0.6) is 0 Å². The lowest BCUT2D eigenvalue weighted by molar-refractivity contribution is -0.0434. The van der Waals surface area contributed by atoms with Crippen LogP contribution in [0.3, 0.4) is 0 Å². The fourth-order valence-electron chi connectivity index (χ4n) is 4.56. The molecule has 3 N–H and O–H groups in total. The predicted octanol–water partition coefficient (Wildman–Crippen LogP) is 5.70. The number of hydrogen-bond acceptors (Lipinski definition) is 4. The van der Waals surface area contributed by atoms with E-state index in [1.54, 1.807) is 4.90 Å². The van der Waals surface area contributed by atoms with Gasteiger partial charge in [-0.25, -0.2) is 8.51 Å². The molecular weight excluding hydrogens is 572 g/mol. The molecule has 208 valence electrons. The minimum absolute atomic E-state index is 0.0915. The first-order valence-corrected chi connectivity index (χ1v) is 14.0. The maximum absolute atomic E-state index is 12.9. The Bertz CT molecular complexity index is 1270. The van der Waals surface area contributed by atoms with Crippen LogP contribution in [0.25, 0.3) is 0 Å². The molecule has 6 nitrogen and oxygen atoms in total. The third kappa shape index (κ3) is 7.12. The maximum atomic E-state index is 12.9. The van der Waals surface area contributed by atoms with Crippen LogP contribution < -0.4 is 5.32 Å². The fourth-order valence-corrected chi connectivity index (χ4v) is 5.60. The van der Waals surface area contributed by atoms with Crippen LogP contribution in [0.2, 0.25) is 10.0 Å². The van der Waals surface area contributed by atoms with E-state index in [0.29, 0.717) is 21.3 Å². The zero-order valence-corrected chi connectivity index (χ0v) is 23.0. The Morgan fingerprint density at radius 2 is 1.44 bits per heavy atom. The summed E-state index contributed by atoms with van der Waals surface area (Å²) in [4.78, 5) is 1.67. The molecule has 4 rings (SSSR count). The summed E-state index contributed by atoms with van der Waals surface area (Å²) in [5.74, 6) is -0.0928. The maximum Gasteiger partial charge on any atom is 0.485 e. The van der Waals surface area contributed by atoms with Gasteiger partial charge in [-0.2, -0.15) is 13.2 Å². The van der Waals surface area contributed by atoms with Crippen molar-refractivity contribution >= 4 is 45.7 Å². The quantitative estimate of drug-likeness (QED) is 0.176. The number of halogens is 5. The second-order valence-electron chi connectivity index (χ2n) is 8.95. The lowest BCUT2D eigenvalue weighted by atomic mass is 9.84. The number of anilines is 1. The van der Waals surface area contributed by atoms with E-state index in [2.05, 4.69) is 5.32 Å². The lowest BCUT2D eigenvalue weighted by Crippen LogP contribution is -2.51. The summed E-state index contributed by atoms with van der Waals surface area (Å²) >= 11 is 12.3. The van der Waals surface area contributed by atoms with Crippen molar-refractivity contribution < 1.29 is 22.5 Å². The van der Waals surface area contributed by atoms with Crippen molar-refractivity contribution in [3.8, 4) is 0 Å². The van der Waals surface area contributed by atoms with Crippen LogP contribution in [-0.2, 0) is 11.0 Å². The van der Waals surface area contributed by atoms with Gasteiger partial charge in [-0.3, -0.25) is 5.41 Å². The molecule has 3 aromatic carbocycles. The van der Waals surface area contributed by atoms with Crippen LogP contribution in [0, 0.1) is 5.41 Å². The summed E-state index contributed by atoms with van der Waals surface area (Å²) in [6, 6.07) is 20.6. The molecule has 0 spiro atoms. The second-order valence-corrected chi connectivity index (χ2v) is 11.3. The Hall–Kier alpha value is -2.63. The Morgan fingerprint density at radius 1 is 0.923 bits per heavy atom. The third-order valence-electron chi connectivity index (χ3n) is 6.45. The monoisotopic (exact) mass is 598 g/mol. The van der Waals surface area contributed by atoms with E-state index in [9.17, 15) is 22.5 Å². The average molecular weight is 600 g/mol. The lowest BCUT2D eigenvalue weighted by Gasteiger charge is -2.36. The number of amidine groups is 1. The highest BCUT2D eigenvalue weighted by atomic mass is 35.5. The van der Waals surface area contributed by atoms with Gasteiger partial charge in [0.05, 0.1) is 6.61 Å². The second kappa shape index (κ2) is 12.7. The van der Waals surface area contributed by atoms with Crippen molar-refractivity contribution in [2.24, 2.45) is 0 Å². The highest BCUT2D eigenvalue weighted by Gasteiger charge is 2.42. The van der Waals surface area contributed by atoms with E-state index in [4.69, 9.17) is 28.6 Å². The van der Waals surface area contributed by atoms with Gasteiger partial charge >= 0.3 is 5.51 Å². The minimum atomic E-state index is -4.82. The molecule has 1 unspecified atom stereocenters. The number of piperazine rings is 1. The molecule has 1 aliphatic heterocycles.